The van der Waals surface area contributed by atoms with E-state index >= 15 is 0 Å². The predicted octanol–water partition coefficient (Wildman–Crippen LogP) is 24.0. The van der Waals surface area contributed by atoms with Gasteiger partial charge in [-0.15, -0.1) is 0 Å². The zero-order valence-electron chi connectivity index (χ0n) is 55.2. The molecular formula is C76H143NO5. The first-order valence-corrected chi connectivity index (χ1v) is 36.9. The molecule has 0 aromatic carbocycles. The average Bonchev–Trinajstić information content (AvgIpc) is 3.48. The van der Waals surface area contributed by atoms with Crippen molar-refractivity contribution in [3.63, 3.8) is 0 Å². The highest BCUT2D eigenvalue weighted by Gasteiger charge is 2.18. The van der Waals surface area contributed by atoms with Gasteiger partial charge in [-0.3, -0.25) is 9.59 Å². The van der Waals surface area contributed by atoms with Gasteiger partial charge in [0.25, 0.3) is 0 Å². The van der Waals surface area contributed by atoms with E-state index in [4.69, 9.17) is 4.74 Å². The van der Waals surface area contributed by atoms with Gasteiger partial charge in [0, 0.05) is 12.8 Å². The number of aliphatic hydroxyl groups excluding tert-OH is 2. The number of esters is 1. The first kappa shape index (κ1) is 79.8. The third-order valence-corrected chi connectivity index (χ3v) is 17.1. The van der Waals surface area contributed by atoms with Crippen LogP contribution in [0.1, 0.15) is 399 Å². The molecule has 0 aliphatic heterocycles. The largest absolute Gasteiger partial charge is 0.466 e. The number of carbonyl (C=O) groups is 2. The maximum atomic E-state index is 12.5. The fourth-order valence-corrected chi connectivity index (χ4v) is 11.4. The quantitative estimate of drug-likeness (QED) is 0.0320. The molecule has 3 N–H and O–H groups in total. The minimum absolute atomic E-state index is 0.00937. The number of ether oxygens (including phenoxy) is 1. The number of rotatable bonds is 69. The molecule has 0 aliphatic carbocycles. The lowest BCUT2D eigenvalue weighted by molar-refractivity contribution is -0.143. The maximum absolute atomic E-state index is 12.5. The van der Waals surface area contributed by atoms with Gasteiger partial charge < -0.3 is 20.3 Å². The summed E-state index contributed by atoms with van der Waals surface area (Å²) in [6, 6.07) is -0.626. The van der Waals surface area contributed by atoms with Crippen LogP contribution in [0.25, 0.3) is 0 Å². The van der Waals surface area contributed by atoms with Crippen molar-refractivity contribution in [2.24, 2.45) is 0 Å². The number of hydrogen-bond acceptors (Lipinski definition) is 5. The molecule has 0 aromatic heterocycles. The van der Waals surface area contributed by atoms with Crippen molar-refractivity contribution >= 4 is 11.9 Å². The molecule has 0 saturated heterocycles. The molecule has 6 heteroatoms. The Labute approximate surface area is 512 Å². The van der Waals surface area contributed by atoms with Gasteiger partial charge in [0.2, 0.25) is 5.91 Å². The van der Waals surface area contributed by atoms with E-state index in [2.05, 4.69) is 55.6 Å². The van der Waals surface area contributed by atoms with Gasteiger partial charge in [0.1, 0.15) is 0 Å². The van der Waals surface area contributed by atoms with E-state index in [0.717, 1.165) is 51.4 Å². The Morgan fingerprint density at radius 2 is 0.610 bits per heavy atom. The summed E-state index contributed by atoms with van der Waals surface area (Å²) in [5.41, 5.74) is 0. The number of allylic oxidation sites excluding steroid dienone is 7. The third-order valence-electron chi connectivity index (χ3n) is 17.1. The van der Waals surface area contributed by atoms with Gasteiger partial charge >= 0.3 is 5.97 Å². The fraction of sp³-hybridized carbons (Fsp3) is 0.868. The zero-order valence-corrected chi connectivity index (χ0v) is 55.2. The summed E-state index contributed by atoms with van der Waals surface area (Å²) in [4.78, 5) is 24.5. The summed E-state index contributed by atoms with van der Waals surface area (Å²) >= 11 is 0. The van der Waals surface area contributed by atoms with Crippen LogP contribution in [0, 0.1) is 0 Å². The Morgan fingerprint density at radius 1 is 0.341 bits per heavy atom. The highest BCUT2D eigenvalue weighted by atomic mass is 16.5. The van der Waals surface area contributed by atoms with Crippen molar-refractivity contribution in [2.45, 2.75) is 411 Å². The summed E-state index contributed by atoms with van der Waals surface area (Å²) in [5.74, 6) is -0.0539. The van der Waals surface area contributed by atoms with Gasteiger partial charge in [-0.25, -0.2) is 0 Å². The Kier molecular flexibility index (Phi) is 69.4. The fourth-order valence-electron chi connectivity index (χ4n) is 11.4. The van der Waals surface area contributed by atoms with E-state index in [-0.39, 0.29) is 18.5 Å². The molecule has 0 aliphatic rings. The topological polar surface area (TPSA) is 95.9 Å². The molecule has 2 unspecified atom stereocenters. The first-order valence-electron chi connectivity index (χ1n) is 36.9. The molecule has 0 fully saturated rings. The van der Waals surface area contributed by atoms with Gasteiger partial charge in [0.15, 0.2) is 0 Å². The predicted molar refractivity (Wildman–Crippen MR) is 361 cm³/mol. The van der Waals surface area contributed by atoms with Crippen LogP contribution in [0.3, 0.4) is 0 Å². The molecule has 0 rings (SSSR count). The normalized spacial score (nSPS) is 12.8. The summed E-state index contributed by atoms with van der Waals surface area (Å²) < 4.78 is 5.48. The maximum Gasteiger partial charge on any atom is 0.305 e. The first-order chi connectivity index (χ1) is 40.5. The van der Waals surface area contributed by atoms with Gasteiger partial charge in [0.05, 0.1) is 25.4 Å². The minimum Gasteiger partial charge on any atom is -0.466 e. The van der Waals surface area contributed by atoms with Gasteiger partial charge in [-0.2, -0.15) is 0 Å². The lowest BCUT2D eigenvalue weighted by Crippen LogP contribution is -2.45. The van der Waals surface area contributed by atoms with Crippen molar-refractivity contribution in [1.82, 2.24) is 5.32 Å². The summed E-state index contributed by atoms with van der Waals surface area (Å²) in [6.07, 6.45) is 93.6. The van der Waals surface area contributed by atoms with Crippen LogP contribution < -0.4 is 5.32 Å². The number of hydrogen-bond donors (Lipinski definition) is 3. The number of unbranched alkanes of at least 4 members (excludes halogenated alkanes) is 52. The smallest absolute Gasteiger partial charge is 0.305 e. The van der Waals surface area contributed by atoms with Crippen LogP contribution in [0.2, 0.25) is 0 Å². The SMILES string of the molecule is CCCCCC/C=C\CCCCCCCC(=O)OCCCCCCCCCCCCCCC/C=C\C/C=C\CCCCCCCCCCCCCCCCCCCC(=O)NC(CO)C(O)/C=C/CCCCCCCCCCCCCCC. The summed E-state index contributed by atoms with van der Waals surface area (Å²) in [6.45, 7) is 4.91. The van der Waals surface area contributed by atoms with Gasteiger partial charge in [-0.05, 0) is 89.9 Å². The number of aliphatic hydroxyl groups is 2. The number of carbonyl (C=O) groups excluding carboxylic acids is 2. The Morgan fingerprint density at radius 3 is 0.951 bits per heavy atom. The average molecular weight is 1150 g/mol. The van der Waals surface area contributed by atoms with Crippen molar-refractivity contribution in [3.8, 4) is 0 Å². The molecule has 0 radical (unpaired) electrons. The molecule has 2 atom stereocenters. The van der Waals surface area contributed by atoms with Crippen molar-refractivity contribution in [1.29, 1.82) is 0 Å². The lowest BCUT2D eigenvalue weighted by atomic mass is 10.0. The second kappa shape index (κ2) is 71.3. The molecule has 0 heterocycles. The van der Waals surface area contributed by atoms with E-state index in [0.29, 0.717) is 19.4 Å². The standard InChI is InChI=1S/C76H143NO5/c1-3-5-7-9-11-13-15-17-41-45-48-52-56-60-64-68-74(79)73(72-78)77-75(80)69-65-61-57-53-49-46-42-39-37-35-33-31-29-27-25-23-21-19-18-20-22-24-26-28-30-32-34-36-38-40-43-47-51-55-59-63-67-71-82-76(81)70-66-62-58-54-50-44-16-14-12-10-8-6-4-2/h14,16,18,20,24,26,64,68,73-74,78-79H,3-13,15,17,19,21-23,25,27-63,65-67,69-72H2,1-2H3,(H,77,80)/b16-14-,20-18-,26-24-,68-64+. The van der Waals surface area contributed by atoms with E-state index < -0.39 is 12.1 Å². The molecular weight excluding hydrogens is 1010 g/mol. The molecule has 0 aromatic rings. The highest BCUT2D eigenvalue weighted by Crippen LogP contribution is 2.18. The lowest BCUT2D eigenvalue weighted by Gasteiger charge is -2.20. The molecule has 0 bridgehead atoms. The Bertz CT molecular complexity index is 1370. The Balaban J connectivity index is 3.37. The molecule has 1 amide bonds. The van der Waals surface area contributed by atoms with Crippen LogP contribution in [0.5, 0.6) is 0 Å². The van der Waals surface area contributed by atoms with Crippen LogP contribution in [-0.2, 0) is 14.3 Å². The summed E-state index contributed by atoms with van der Waals surface area (Å²) in [5, 5.41) is 23.2. The van der Waals surface area contributed by atoms with Crippen LogP contribution in [0.4, 0.5) is 0 Å². The van der Waals surface area contributed by atoms with Crippen LogP contribution >= 0.6 is 0 Å². The number of nitrogens with one attached hydrogen (secondary N) is 1. The van der Waals surface area contributed by atoms with Crippen molar-refractivity contribution in [2.75, 3.05) is 13.2 Å². The van der Waals surface area contributed by atoms with Crippen molar-refractivity contribution < 1.29 is 24.5 Å². The Hall–Kier alpha value is -2.18. The third kappa shape index (κ3) is 67.0. The van der Waals surface area contributed by atoms with Gasteiger partial charge in [-0.1, -0.05) is 345 Å². The van der Waals surface area contributed by atoms with E-state index in [1.54, 1.807) is 6.08 Å². The van der Waals surface area contributed by atoms with Crippen molar-refractivity contribution in [3.05, 3.63) is 48.6 Å². The van der Waals surface area contributed by atoms with E-state index in [1.807, 2.05) is 6.08 Å². The molecule has 6 nitrogen and oxygen atoms in total. The molecule has 82 heavy (non-hydrogen) atoms. The zero-order chi connectivity index (χ0) is 59.2. The minimum atomic E-state index is -0.843. The van der Waals surface area contributed by atoms with E-state index in [9.17, 15) is 19.8 Å². The summed E-state index contributed by atoms with van der Waals surface area (Å²) in [7, 11) is 0. The molecule has 482 valence electrons. The molecule has 0 spiro atoms. The van der Waals surface area contributed by atoms with Crippen LogP contribution in [0.15, 0.2) is 48.6 Å². The second-order valence-electron chi connectivity index (χ2n) is 25.3. The number of amides is 1. The second-order valence-corrected chi connectivity index (χ2v) is 25.3. The molecule has 0 saturated carbocycles. The van der Waals surface area contributed by atoms with E-state index in [1.165, 1.54) is 321 Å². The monoisotopic (exact) mass is 1150 g/mol. The van der Waals surface area contributed by atoms with Crippen LogP contribution in [-0.4, -0.2) is 47.4 Å². The highest BCUT2D eigenvalue weighted by molar-refractivity contribution is 5.76.